The quantitative estimate of drug-likeness (QED) is 0.805. The summed E-state index contributed by atoms with van der Waals surface area (Å²) in [7, 11) is 0. The molecular weight excluding hydrogens is 371 g/mol. The molecule has 1 aliphatic heterocycles. The van der Waals surface area contributed by atoms with Gasteiger partial charge in [0.2, 0.25) is 0 Å². The molecule has 0 atom stereocenters. The van der Waals surface area contributed by atoms with Gasteiger partial charge in [-0.25, -0.2) is 18.6 Å². The molecule has 10 heteroatoms. The van der Waals surface area contributed by atoms with Gasteiger partial charge in [-0.15, -0.1) is 0 Å². The fourth-order valence-corrected chi connectivity index (χ4v) is 2.84. The lowest BCUT2D eigenvalue weighted by molar-refractivity contribution is -0.367. The molecule has 0 bridgehead atoms. The zero-order chi connectivity index (χ0) is 19.6. The van der Waals surface area contributed by atoms with Gasteiger partial charge in [0.15, 0.2) is 0 Å². The lowest BCUT2D eigenvalue weighted by Crippen LogP contribution is -2.51. The lowest BCUT2D eigenvalue weighted by Gasteiger charge is -2.31. The van der Waals surface area contributed by atoms with Gasteiger partial charge in [0.25, 0.3) is 5.82 Å². The topological polar surface area (TPSA) is 49.7 Å². The Balaban J connectivity index is 1.65. The van der Waals surface area contributed by atoms with E-state index in [9.17, 15) is 26.7 Å². The van der Waals surface area contributed by atoms with Crippen LogP contribution >= 0.6 is 0 Å². The first-order valence-corrected chi connectivity index (χ1v) is 8.09. The molecule has 2 N–H and O–H groups in total. The third kappa shape index (κ3) is 4.26. The summed E-state index contributed by atoms with van der Waals surface area (Å²) in [5.74, 6) is -1.73. The van der Waals surface area contributed by atoms with E-state index in [1.54, 1.807) is 0 Å². The second kappa shape index (κ2) is 7.37. The van der Waals surface area contributed by atoms with E-state index >= 15 is 0 Å². The Morgan fingerprint density at radius 1 is 1.07 bits per heavy atom. The molecule has 1 aromatic carbocycles. The van der Waals surface area contributed by atoms with Crippen molar-refractivity contribution in [2.75, 3.05) is 36.4 Å². The molecule has 144 valence electrons. The van der Waals surface area contributed by atoms with Crippen LogP contribution in [-0.2, 0) is 6.18 Å². The fourth-order valence-electron chi connectivity index (χ4n) is 2.84. The third-order valence-electron chi connectivity index (χ3n) is 4.20. The Morgan fingerprint density at radius 3 is 2.41 bits per heavy atom. The number of aromatic nitrogens is 1. The first kappa shape index (κ1) is 18.9. The van der Waals surface area contributed by atoms with Crippen LogP contribution in [-0.4, -0.2) is 37.1 Å². The molecule has 1 aromatic heterocycles. The number of carbonyl (C=O) groups is 1. The van der Waals surface area contributed by atoms with Crippen LogP contribution in [0, 0.1) is 11.6 Å². The average molecular weight is 387 g/mol. The lowest BCUT2D eigenvalue weighted by atomic mass is 10.2. The first-order chi connectivity index (χ1) is 12.8. The Bertz CT molecular complexity index is 834. The number of alkyl halides is 3. The summed E-state index contributed by atoms with van der Waals surface area (Å²) in [5.41, 5.74) is -0.948. The van der Waals surface area contributed by atoms with E-state index in [4.69, 9.17) is 0 Å². The fraction of sp³-hybridized carbons (Fsp3) is 0.294. The van der Waals surface area contributed by atoms with E-state index in [2.05, 4.69) is 10.3 Å². The van der Waals surface area contributed by atoms with Crippen LogP contribution in [0.3, 0.4) is 0 Å². The van der Waals surface area contributed by atoms with E-state index in [1.807, 2.05) is 0 Å². The number of urea groups is 1. The number of carbonyl (C=O) groups excluding carboxylic acids is 1. The van der Waals surface area contributed by atoms with Gasteiger partial charge in [0.05, 0.1) is 25.0 Å². The van der Waals surface area contributed by atoms with E-state index in [0.717, 1.165) is 18.2 Å². The van der Waals surface area contributed by atoms with Crippen LogP contribution in [0.5, 0.6) is 0 Å². The summed E-state index contributed by atoms with van der Waals surface area (Å²) in [6.07, 6.45) is -3.09. The highest BCUT2D eigenvalue weighted by Crippen LogP contribution is 2.34. The van der Waals surface area contributed by atoms with Crippen molar-refractivity contribution in [2.24, 2.45) is 0 Å². The van der Waals surface area contributed by atoms with Crippen molar-refractivity contribution < 1.29 is 31.7 Å². The second-order valence-corrected chi connectivity index (χ2v) is 5.96. The third-order valence-corrected chi connectivity index (χ3v) is 4.20. The van der Waals surface area contributed by atoms with Crippen LogP contribution in [0.15, 0.2) is 36.5 Å². The zero-order valence-corrected chi connectivity index (χ0v) is 14.0. The number of hydrogen-bond donors (Lipinski definition) is 1. The number of pyridine rings is 1. The van der Waals surface area contributed by atoms with E-state index in [1.165, 1.54) is 22.1 Å². The molecule has 0 radical (unpaired) electrons. The van der Waals surface area contributed by atoms with E-state index in [0.29, 0.717) is 6.07 Å². The molecule has 2 aromatic rings. The van der Waals surface area contributed by atoms with Crippen LogP contribution in [0.1, 0.15) is 5.56 Å². The summed E-state index contributed by atoms with van der Waals surface area (Å²) in [6, 6.07) is 4.43. The number of anilines is 2. The highest BCUT2D eigenvalue weighted by molar-refractivity contribution is 5.89. The van der Waals surface area contributed by atoms with Crippen molar-refractivity contribution in [3.05, 3.63) is 53.7 Å². The first-order valence-electron chi connectivity index (χ1n) is 8.09. The number of piperazine rings is 1. The summed E-state index contributed by atoms with van der Waals surface area (Å²) in [5, 5.41) is 2.34. The Labute approximate surface area is 151 Å². The predicted octanol–water partition coefficient (Wildman–Crippen LogP) is 3.15. The van der Waals surface area contributed by atoms with Gasteiger partial charge >= 0.3 is 12.2 Å². The molecule has 0 saturated carbocycles. The van der Waals surface area contributed by atoms with Crippen LogP contribution in [0.2, 0.25) is 0 Å². The molecule has 27 heavy (non-hydrogen) atoms. The minimum Gasteiger partial charge on any atom is -0.317 e. The zero-order valence-electron chi connectivity index (χ0n) is 14.0. The van der Waals surface area contributed by atoms with Crippen LogP contribution in [0.25, 0.3) is 0 Å². The number of nitrogens with one attached hydrogen (secondary N) is 2. The van der Waals surface area contributed by atoms with Gasteiger partial charge in [0, 0.05) is 6.07 Å². The molecule has 0 unspecified atom stereocenters. The molecule has 1 aliphatic rings. The maximum Gasteiger partial charge on any atom is 0.424 e. The Kier molecular flexibility index (Phi) is 5.15. The minimum atomic E-state index is -4.50. The predicted molar refractivity (Wildman–Crippen MR) is 87.2 cm³/mol. The van der Waals surface area contributed by atoms with Gasteiger partial charge in [0.1, 0.15) is 30.3 Å². The molecule has 3 rings (SSSR count). The Hall–Kier alpha value is -2.91. The monoisotopic (exact) mass is 387 g/mol. The normalized spacial score (nSPS) is 15.0. The number of halogens is 5. The maximum atomic E-state index is 13.6. The molecular formula is C17H16F5N4O+. The number of amides is 2. The molecule has 0 spiro atoms. The highest BCUT2D eigenvalue weighted by atomic mass is 19.4. The van der Waals surface area contributed by atoms with Crippen molar-refractivity contribution in [3.63, 3.8) is 0 Å². The number of aromatic amines is 1. The standard InChI is InChI=1S/C17H15F5N4O/c18-11-3-4-14(13(19)10-11)24-16(27)26-8-6-25(7-9-26)15-12(17(20,21)22)2-1-5-23-15/h1-5,10H,6-9H2,(H,24,27)/p+1. The van der Waals surface area contributed by atoms with Crippen LogP contribution < -0.4 is 15.2 Å². The number of rotatable bonds is 2. The van der Waals surface area contributed by atoms with Crippen molar-refractivity contribution >= 4 is 17.5 Å². The average Bonchev–Trinajstić information content (AvgIpc) is 2.63. The Morgan fingerprint density at radius 2 is 1.78 bits per heavy atom. The molecule has 1 fully saturated rings. The minimum absolute atomic E-state index is 0.0605. The van der Waals surface area contributed by atoms with Crippen molar-refractivity contribution in [3.8, 4) is 0 Å². The smallest absolute Gasteiger partial charge is 0.317 e. The number of H-pyrrole nitrogens is 1. The van der Waals surface area contributed by atoms with Crippen LogP contribution in [0.4, 0.5) is 38.3 Å². The number of hydrogen-bond acceptors (Lipinski definition) is 2. The van der Waals surface area contributed by atoms with Crippen molar-refractivity contribution in [2.45, 2.75) is 6.18 Å². The molecule has 1 saturated heterocycles. The van der Waals surface area contributed by atoms with Gasteiger partial charge in [-0.05, 0) is 24.3 Å². The van der Waals surface area contributed by atoms with Crippen molar-refractivity contribution in [1.29, 1.82) is 0 Å². The van der Waals surface area contributed by atoms with Crippen molar-refractivity contribution in [1.82, 2.24) is 4.90 Å². The molecule has 0 aliphatic carbocycles. The molecule has 5 nitrogen and oxygen atoms in total. The summed E-state index contributed by atoms with van der Waals surface area (Å²) in [6.45, 7) is 0.634. The largest absolute Gasteiger partial charge is 0.424 e. The van der Waals surface area contributed by atoms with E-state index in [-0.39, 0.29) is 37.7 Å². The molecule has 2 heterocycles. The summed E-state index contributed by atoms with van der Waals surface area (Å²) in [4.78, 5) is 17.7. The second-order valence-electron chi connectivity index (χ2n) is 5.96. The van der Waals surface area contributed by atoms with Gasteiger partial charge in [-0.1, -0.05) is 0 Å². The van der Waals surface area contributed by atoms with Gasteiger partial charge < -0.3 is 10.2 Å². The maximum absolute atomic E-state index is 13.6. The SMILES string of the molecule is O=C(Nc1ccc(F)cc1F)N1CCN(c2[nH+]cccc2C(F)(F)F)CC1. The summed E-state index contributed by atoms with van der Waals surface area (Å²) < 4.78 is 65.9. The summed E-state index contributed by atoms with van der Waals surface area (Å²) >= 11 is 0. The highest BCUT2D eigenvalue weighted by Gasteiger charge is 2.40. The molecule has 2 amide bonds. The van der Waals surface area contributed by atoms with Gasteiger partial charge in [-0.3, -0.25) is 4.90 Å². The van der Waals surface area contributed by atoms with E-state index < -0.39 is 29.4 Å². The number of benzene rings is 1. The number of nitrogens with zero attached hydrogens (tertiary/aromatic N) is 2. The van der Waals surface area contributed by atoms with Gasteiger partial charge in [-0.2, -0.15) is 13.2 Å².